The van der Waals surface area contributed by atoms with Crippen LogP contribution in [0, 0.1) is 11.7 Å². The van der Waals surface area contributed by atoms with Crippen molar-refractivity contribution >= 4 is 35.4 Å². The van der Waals surface area contributed by atoms with E-state index in [1.807, 2.05) is 0 Å². The summed E-state index contributed by atoms with van der Waals surface area (Å²) in [7, 11) is 0. The summed E-state index contributed by atoms with van der Waals surface area (Å²) in [5, 5.41) is 0. The molecule has 2 saturated heterocycles. The van der Waals surface area contributed by atoms with Crippen molar-refractivity contribution in [3.63, 3.8) is 0 Å². The smallest absolute Gasteiger partial charge is 0.414 e. The number of aromatic nitrogens is 1. The van der Waals surface area contributed by atoms with E-state index in [9.17, 15) is 23.6 Å². The van der Waals surface area contributed by atoms with Crippen molar-refractivity contribution in [2.45, 2.75) is 25.4 Å². The van der Waals surface area contributed by atoms with Crippen LogP contribution in [0.1, 0.15) is 19.3 Å². The molecule has 3 amide bonds. The lowest BCUT2D eigenvalue weighted by Crippen LogP contribution is -2.26. The first-order valence-corrected chi connectivity index (χ1v) is 11.4. The van der Waals surface area contributed by atoms with E-state index in [4.69, 9.17) is 20.9 Å². The second-order valence-electron chi connectivity index (χ2n) is 8.65. The quantitative estimate of drug-likeness (QED) is 0.489. The molecule has 0 spiro atoms. The number of amides is 3. The molecule has 11 nitrogen and oxygen atoms in total. The lowest BCUT2D eigenvalue weighted by molar-refractivity contribution is -0.143. The highest BCUT2D eigenvalue weighted by molar-refractivity contribution is 5.95. The van der Waals surface area contributed by atoms with Gasteiger partial charge < -0.3 is 20.9 Å². The van der Waals surface area contributed by atoms with Gasteiger partial charge >= 0.3 is 12.1 Å². The summed E-state index contributed by atoms with van der Waals surface area (Å²) in [5.41, 5.74) is 11.5. The molecule has 0 aliphatic carbocycles. The number of esters is 1. The zero-order valence-electron chi connectivity index (χ0n) is 19.4. The topological polar surface area (TPSA) is 158 Å². The fourth-order valence-corrected chi connectivity index (χ4v) is 4.18. The minimum atomic E-state index is -0.617. The lowest BCUT2D eigenvalue weighted by atomic mass is 10.1. The van der Waals surface area contributed by atoms with E-state index in [0.29, 0.717) is 30.0 Å². The van der Waals surface area contributed by atoms with E-state index in [1.54, 1.807) is 18.2 Å². The van der Waals surface area contributed by atoms with Gasteiger partial charge in [0.25, 0.3) is 0 Å². The van der Waals surface area contributed by atoms with Gasteiger partial charge in [-0.2, -0.15) is 0 Å². The van der Waals surface area contributed by atoms with E-state index < -0.39 is 29.9 Å². The average Bonchev–Trinajstić information content (AvgIpc) is 3.43. The molecule has 1 aromatic heterocycles. The van der Waals surface area contributed by atoms with Crippen LogP contribution >= 0.6 is 0 Å². The number of hydrogen-bond acceptors (Lipinski definition) is 8. The first kappa shape index (κ1) is 25.0. The van der Waals surface area contributed by atoms with Crippen LogP contribution in [-0.4, -0.2) is 61.2 Å². The largest absolute Gasteiger partial charge is 0.464 e. The molecule has 3 heterocycles. The number of carbonyl (C=O) groups excluding carboxylic acids is 4. The van der Waals surface area contributed by atoms with Crippen LogP contribution in [0.25, 0.3) is 11.1 Å². The van der Waals surface area contributed by atoms with Gasteiger partial charge in [0.15, 0.2) is 0 Å². The number of ether oxygens (including phenoxy) is 2. The summed E-state index contributed by atoms with van der Waals surface area (Å²) in [6, 6.07) is 7.64. The number of halogens is 1. The van der Waals surface area contributed by atoms with Gasteiger partial charge in [0, 0.05) is 42.6 Å². The van der Waals surface area contributed by atoms with Crippen LogP contribution in [0.5, 0.6) is 0 Å². The third kappa shape index (κ3) is 5.60. The predicted octanol–water partition coefficient (Wildman–Crippen LogP) is 1.33. The minimum absolute atomic E-state index is 0.0908. The number of cyclic esters (lactones) is 1. The third-order valence-electron chi connectivity index (χ3n) is 6.04. The van der Waals surface area contributed by atoms with E-state index in [-0.39, 0.29) is 49.9 Å². The van der Waals surface area contributed by atoms with Crippen LogP contribution in [0.4, 0.5) is 20.7 Å². The maximum Gasteiger partial charge on any atom is 0.414 e. The molecular formula is C24H26FN5O6. The second kappa shape index (κ2) is 10.7. The van der Waals surface area contributed by atoms with Crippen LogP contribution in [0.3, 0.4) is 0 Å². The van der Waals surface area contributed by atoms with Gasteiger partial charge in [-0.25, -0.2) is 14.2 Å². The number of nitrogens with two attached hydrogens (primary N) is 2. The van der Waals surface area contributed by atoms with Gasteiger partial charge in [0.1, 0.15) is 17.7 Å². The number of nitrogens with zero attached hydrogens (tertiary/aromatic N) is 3. The average molecular weight is 499 g/mol. The maximum atomic E-state index is 15.0. The molecule has 2 aliphatic heterocycles. The summed E-state index contributed by atoms with van der Waals surface area (Å²) >= 11 is 0. The van der Waals surface area contributed by atoms with Crippen LogP contribution in [0.2, 0.25) is 0 Å². The standard InChI is InChI=1S/C24H26FN5O6/c25-19-8-16(29-12-17(36-24(29)34)3-5-20(27)31)2-4-18(19)15-1-6-21(28-10-15)30-11-14(7-22(30)32)13-35-23(33)9-26/h1-2,4,6,8,10,14,17H,3,5,7,9,11-13,26H2,(H2,27,31)/t14?,17-/m0/s1. The van der Waals surface area contributed by atoms with Crippen molar-refractivity contribution in [1.29, 1.82) is 0 Å². The van der Waals surface area contributed by atoms with Crippen molar-refractivity contribution in [3.05, 3.63) is 42.3 Å². The van der Waals surface area contributed by atoms with E-state index >= 15 is 0 Å². The molecule has 1 aromatic carbocycles. The number of rotatable bonds is 9. The molecule has 2 atom stereocenters. The van der Waals surface area contributed by atoms with E-state index in [2.05, 4.69) is 4.98 Å². The number of hydrogen-bond donors (Lipinski definition) is 2. The summed E-state index contributed by atoms with van der Waals surface area (Å²) < 4.78 is 25.2. The Labute approximate surface area is 206 Å². The molecule has 36 heavy (non-hydrogen) atoms. The number of pyridine rings is 1. The Balaban J connectivity index is 1.41. The van der Waals surface area contributed by atoms with Crippen molar-refractivity contribution < 1.29 is 33.0 Å². The first-order valence-electron chi connectivity index (χ1n) is 11.4. The lowest BCUT2D eigenvalue weighted by Gasteiger charge is -2.17. The fraction of sp³-hybridized carbons (Fsp3) is 0.375. The first-order chi connectivity index (χ1) is 17.2. The van der Waals surface area contributed by atoms with E-state index in [1.165, 1.54) is 28.1 Å². The van der Waals surface area contributed by atoms with Crippen molar-refractivity contribution in [1.82, 2.24) is 4.98 Å². The number of anilines is 2. The van der Waals surface area contributed by atoms with Crippen molar-refractivity contribution in [2.75, 3.05) is 36.0 Å². The second-order valence-corrected chi connectivity index (χ2v) is 8.65. The zero-order valence-corrected chi connectivity index (χ0v) is 19.4. The Morgan fingerprint density at radius 3 is 2.64 bits per heavy atom. The molecule has 1 unspecified atom stereocenters. The highest BCUT2D eigenvalue weighted by Gasteiger charge is 2.33. The Morgan fingerprint density at radius 2 is 1.97 bits per heavy atom. The van der Waals surface area contributed by atoms with Crippen LogP contribution < -0.4 is 21.3 Å². The van der Waals surface area contributed by atoms with Crippen LogP contribution in [-0.2, 0) is 23.9 Å². The molecule has 2 aliphatic rings. The van der Waals surface area contributed by atoms with Gasteiger partial charge in [-0.15, -0.1) is 0 Å². The zero-order chi connectivity index (χ0) is 25.8. The predicted molar refractivity (Wildman–Crippen MR) is 126 cm³/mol. The number of primary amides is 1. The van der Waals surface area contributed by atoms with Gasteiger partial charge in [0.05, 0.1) is 25.4 Å². The van der Waals surface area contributed by atoms with Gasteiger partial charge in [0.2, 0.25) is 11.8 Å². The molecule has 2 aromatic rings. The minimum Gasteiger partial charge on any atom is -0.464 e. The summed E-state index contributed by atoms with van der Waals surface area (Å²) in [6.45, 7) is 0.421. The third-order valence-corrected chi connectivity index (χ3v) is 6.04. The Bertz CT molecular complexity index is 1170. The molecule has 4 rings (SSSR count). The monoisotopic (exact) mass is 499 g/mol. The van der Waals surface area contributed by atoms with Gasteiger partial charge in [-0.1, -0.05) is 0 Å². The summed E-state index contributed by atoms with van der Waals surface area (Å²) in [6.07, 6.45) is 0.966. The molecule has 0 radical (unpaired) electrons. The molecule has 0 saturated carbocycles. The Hall–Kier alpha value is -4.06. The Kier molecular flexibility index (Phi) is 7.44. The van der Waals surface area contributed by atoms with Crippen molar-refractivity contribution in [3.8, 4) is 11.1 Å². The van der Waals surface area contributed by atoms with E-state index in [0.717, 1.165) is 0 Å². The fourth-order valence-electron chi connectivity index (χ4n) is 4.18. The highest BCUT2D eigenvalue weighted by Crippen LogP contribution is 2.31. The molecule has 12 heteroatoms. The van der Waals surface area contributed by atoms with Crippen molar-refractivity contribution in [2.24, 2.45) is 17.4 Å². The normalized spacial score (nSPS) is 19.5. The molecular weight excluding hydrogens is 473 g/mol. The number of carbonyl (C=O) groups is 4. The van der Waals surface area contributed by atoms with Gasteiger partial charge in [-0.05, 0) is 36.8 Å². The maximum absolute atomic E-state index is 15.0. The summed E-state index contributed by atoms with van der Waals surface area (Å²) in [5.74, 6) is -1.47. The van der Waals surface area contributed by atoms with Gasteiger partial charge in [-0.3, -0.25) is 24.2 Å². The van der Waals surface area contributed by atoms with Crippen LogP contribution in [0.15, 0.2) is 36.5 Å². The highest BCUT2D eigenvalue weighted by atomic mass is 19.1. The molecule has 4 N–H and O–H groups in total. The molecule has 2 fully saturated rings. The molecule has 0 bridgehead atoms. The molecule has 190 valence electrons. The number of benzene rings is 1. The Morgan fingerprint density at radius 1 is 1.17 bits per heavy atom. The summed E-state index contributed by atoms with van der Waals surface area (Å²) in [4.78, 5) is 53.9. The SMILES string of the molecule is NCC(=O)OCC1CC(=O)N(c2ccc(-c3ccc(N4C[C@H](CCC(N)=O)OC4=O)cc3F)cn2)C1.